The molecule has 0 atom stereocenters. The molecule has 98 valence electrons. The van der Waals surface area contributed by atoms with E-state index in [1.807, 2.05) is 41.4 Å². The van der Waals surface area contributed by atoms with Crippen LogP contribution in [0.5, 0.6) is 0 Å². The number of benzene rings is 2. The lowest BCUT2D eigenvalue weighted by molar-refractivity contribution is -0.124. The van der Waals surface area contributed by atoms with Gasteiger partial charge in [-0.3, -0.25) is 10.2 Å². The van der Waals surface area contributed by atoms with Crippen LogP contribution in [0, 0.1) is 0 Å². The smallest absolute Gasteiger partial charge is 0.231 e. The average Bonchev–Trinajstić information content (AvgIpc) is 2.40. The Morgan fingerprint density at radius 3 is 1.68 bits per heavy atom. The second kappa shape index (κ2) is 6.71. The maximum absolute atomic E-state index is 11.3. The third-order valence-corrected chi connectivity index (χ3v) is 2.75. The Kier molecular flexibility index (Phi) is 4.70. The van der Waals surface area contributed by atoms with Gasteiger partial charge in [-0.25, -0.2) is 5.01 Å². The van der Waals surface area contributed by atoms with Crippen LogP contribution in [0.25, 0.3) is 0 Å². The van der Waals surface area contributed by atoms with Crippen molar-refractivity contribution in [1.29, 1.82) is 0 Å². The lowest BCUT2D eigenvalue weighted by atomic mass is 10.2. The van der Waals surface area contributed by atoms with E-state index in [0.29, 0.717) is 13.1 Å². The summed E-state index contributed by atoms with van der Waals surface area (Å²) in [4.78, 5) is 11.3. The summed E-state index contributed by atoms with van der Waals surface area (Å²) in [5.74, 6) is -0.0492. The Balaban J connectivity index is 2.06. The van der Waals surface area contributed by atoms with Crippen molar-refractivity contribution in [2.45, 2.75) is 20.0 Å². The Morgan fingerprint density at radius 1 is 0.895 bits per heavy atom. The van der Waals surface area contributed by atoms with Crippen molar-refractivity contribution in [1.82, 2.24) is 10.4 Å². The largest absolute Gasteiger partial charge is 0.289 e. The predicted molar refractivity (Wildman–Crippen MR) is 75.9 cm³/mol. The number of hydrazine groups is 1. The van der Waals surface area contributed by atoms with E-state index in [1.54, 1.807) is 0 Å². The standard InChI is InChI=1S/C16H18N2O/c1-14(19)17-18(12-15-8-4-2-5-9-15)13-16-10-6-3-7-11-16/h2-11H,12-13H2,1H3,(H,17,19). The maximum atomic E-state index is 11.3. The minimum absolute atomic E-state index is 0.0492. The van der Waals surface area contributed by atoms with E-state index in [9.17, 15) is 4.79 Å². The van der Waals surface area contributed by atoms with Crippen molar-refractivity contribution in [3.05, 3.63) is 71.8 Å². The molecule has 0 aliphatic rings. The van der Waals surface area contributed by atoms with Gasteiger partial charge in [0.05, 0.1) is 0 Å². The third kappa shape index (κ3) is 4.56. The van der Waals surface area contributed by atoms with Gasteiger partial charge in [-0.2, -0.15) is 0 Å². The maximum Gasteiger partial charge on any atom is 0.231 e. The Morgan fingerprint density at radius 2 is 1.32 bits per heavy atom. The van der Waals surface area contributed by atoms with Gasteiger partial charge in [0.25, 0.3) is 0 Å². The molecule has 1 N–H and O–H groups in total. The molecule has 3 nitrogen and oxygen atoms in total. The number of hydrogen-bond donors (Lipinski definition) is 1. The monoisotopic (exact) mass is 254 g/mol. The molecule has 0 fully saturated rings. The van der Waals surface area contributed by atoms with Gasteiger partial charge in [-0.1, -0.05) is 60.7 Å². The van der Waals surface area contributed by atoms with Crippen LogP contribution in [0.2, 0.25) is 0 Å². The third-order valence-electron chi connectivity index (χ3n) is 2.75. The molecule has 0 saturated carbocycles. The number of nitrogens with zero attached hydrogens (tertiary/aromatic N) is 1. The summed E-state index contributed by atoms with van der Waals surface area (Å²) >= 11 is 0. The van der Waals surface area contributed by atoms with Gasteiger partial charge in [0, 0.05) is 20.0 Å². The van der Waals surface area contributed by atoms with Crippen molar-refractivity contribution in [3.8, 4) is 0 Å². The molecule has 0 unspecified atom stereocenters. The lowest BCUT2D eigenvalue weighted by Crippen LogP contribution is -2.39. The SMILES string of the molecule is CC(=O)NN(Cc1ccccc1)Cc1ccccc1. The Bertz CT molecular complexity index is 469. The molecule has 2 rings (SSSR count). The number of carbonyl (C=O) groups excluding carboxylic acids is 1. The van der Waals surface area contributed by atoms with Gasteiger partial charge in [0.1, 0.15) is 0 Å². The fourth-order valence-electron chi connectivity index (χ4n) is 1.97. The highest BCUT2D eigenvalue weighted by molar-refractivity contribution is 5.72. The molecule has 19 heavy (non-hydrogen) atoms. The molecular formula is C16H18N2O. The van der Waals surface area contributed by atoms with Crippen LogP contribution in [-0.2, 0) is 17.9 Å². The topological polar surface area (TPSA) is 32.3 Å². The van der Waals surface area contributed by atoms with Crippen molar-refractivity contribution < 1.29 is 4.79 Å². The normalized spacial score (nSPS) is 10.4. The molecule has 0 aliphatic heterocycles. The van der Waals surface area contributed by atoms with E-state index >= 15 is 0 Å². The zero-order valence-corrected chi connectivity index (χ0v) is 11.0. The van der Waals surface area contributed by atoms with Gasteiger partial charge in [0.2, 0.25) is 5.91 Å². The van der Waals surface area contributed by atoms with E-state index in [1.165, 1.54) is 18.1 Å². The van der Waals surface area contributed by atoms with Crippen LogP contribution in [0.15, 0.2) is 60.7 Å². The van der Waals surface area contributed by atoms with Crippen LogP contribution in [0.4, 0.5) is 0 Å². The van der Waals surface area contributed by atoms with Crippen LogP contribution in [-0.4, -0.2) is 10.9 Å². The molecule has 1 amide bonds. The van der Waals surface area contributed by atoms with Crippen molar-refractivity contribution in [2.75, 3.05) is 0 Å². The first-order valence-electron chi connectivity index (χ1n) is 6.34. The van der Waals surface area contributed by atoms with Crippen LogP contribution < -0.4 is 5.43 Å². The van der Waals surface area contributed by atoms with Crippen molar-refractivity contribution in [3.63, 3.8) is 0 Å². The van der Waals surface area contributed by atoms with Crippen molar-refractivity contribution >= 4 is 5.91 Å². The second-order valence-electron chi connectivity index (χ2n) is 4.50. The highest BCUT2D eigenvalue weighted by atomic mass is 16.2. The van der Waals surface area contributed by atoms with Crippen LogP contribution >= 0.6 is 0 Å². The highest BCUT2D eigenvalue weighted by Gasteiger charge is 2.07. The molecular weight excluding hydrogens is 236 g/mol. The lowest BCUT2D eigenvalue weighted by Gasteiger charge is -2.22. The summed E-state index contributed by atoms with van der Waals surface area (Å²) < 4.78 is 0. The molecule has 2 aromatic rings. The molecule has 0 heterocycles. The summed E-state index contributed by atoms with van der Waals surface area (Å²) in [5, 5.41) is 1.92. The van der Waals surface area contributed by atoms with E-state index in [0.717, 1.165) is 0 Å². The number of rotatable bonds is 5. The van der Waals surface area contributed by atoms with Gasteiger partial charge >= 0.3 is 0 Å². The van der Waals surface area contributed by atoms with Gasteiger partial charge in [-0.05, 0) is 11.1 Å². The molecule has 2 aromatic carbocycles. The quantitative estimate of drug-likeness (QED) is 0.832. The fourth-order valence-corrected chi connectivity index (χ4v) is 1.97. The molecule has 0 spiro atoms. The number of carbonyl (C=O) groups is 1. The van der Waals surface area contributed by atoms with E-state index < -0.39 is 0 Å². The van der Waals surface area contributed by atoms with Gasteiger partial charge < -0.3 is 0 Å². The second-order valence-corrected chi connectivity index (χ2v) is 4.50. The first kappa shape index (κ1) is 13.3. The van der Waals surface area contributed by atoms with E-state index in [2.05, 4.69) is 29.7 Å². The van der Waals surface area contributed by atoms with Gasteiger partial charge in [-0.15, -0.1) is 0 Å². The Hall–Kier alpha value is -2.13. The molecule has 0 radical (unpaired) electrons. The zero-order chi connectivity index (χ0) is 13.5. The first-order chi connectivity index (χ1) is 9.24. The molecule has 0 saturated heterocycles. The van der Waals surface area contributed by atoms with E-state index in [4.69, 9.17) is 0 Å². The highest BCUT2D eigenvalue weighted by Crippen LogP contribution is 2.07. The van der Waals surface area contributed by atoms with Crippen molar-refractivity contribution in [2.24, 2.45) is 0 Å². The minimum atomic E-state index is -0.0492. The Labute approximate surface area is 113 Å². The van der Waals surface area contributed by atoms with E-state index in [-0.39, 0.29) is 5.91 Å². The fraction of sp³-hybridized carbons (Fsp3) is 0.188. The average molecular weight is 254 g/mol. The molecule has 0 aromatic heterocycles. The minimum Gasteiger partial charge on any atom is -0.289 e. The number of nitrogens with one attached hydrogen (secondary N) is 1. The summed E-state index contributed by atoms with van der Waals surface area (Å²) in [6.45, 7) is 2.91. The summed E-state index contributed by atoms with van der Waals surface area (Å²) in [7, 11) is 0. The van der Waals surface area contributed by atoms with Crippen LogP contribution in [0.3, 0.4) is 0 Å². The van der Waals surface area contributed by atoms with Crippen LogP contribution in [0.1, 0.15) is 18.1 Å². The number of hydrogen-bond acceptors (Lipinski definition) is 2. The predicted octanol–water partition coefficient (Wildman–Crippen LogP) is 2.74. The summed E-state index contributed by atoms with van der Waals surface area (Å²) in [6.07, 6.45) is 0. The zero-order valence-electron chi connectivity index (χ0n) is 11.0. The summed E-state index contributed by atoms with van der Waals surface area (Å²) in [6, 6.07) is 20.2. The molecule has 0 bridgehead atoms. The molecule has 3 heteroatoms. The summed E-state index contributed by atoms with van der Waals surface area (Å²) in [5.41, 5.74) is 5.22. The molecule has 0 aliphatic carbocycles. The number of amides is 1. The van der Waals surface area contributed by atoms with Gasteiger partial charge in [0.15, 0.2) is 0 Å². The first-order valence-corrected chi connectivity index (χ1v) is 6.34.